The van der Waals surface area contributed by atoms with Crippen molar-refractivity contribution < 1.29 is 14.6 Å². The van der Waals surface area contributed by atoms with E-state index in [-0.39, 0.29) is 17.6 Å². The molecule has 6 heteroatoms. The molecule has 3 N–H and O–H groups in total. The highest BCUT2D eigenvalue weighted by molar-refractivity contribution is 5.67. The van der Waals surface area contributed by atoms with Gasteiger partial charge in [0.15, 0.2) is 0 Å². The molecular formula is C22H35N3O3. The van der Waals surface area contributed by atoms with Crippen LogP contribution >= 0.6 is 0 Å². The molecule has 1 heterocycles. The van der Waals surface area contributed by atoms with Crippen molar-refractivity contribution in [2.24, 2.45) is 5.92 Å². The predicted octanol–water partition coefficient (Wildman–Crippen LogP) is 2.64. The van der Waals surface area contributed by atoms with Crippen LogP contribution in [-0.4, -0.2) is 60.5 Å². The molecule has 4 atom stereocenters. The van der Waals surface area contributed by atoms with Gasteiger partial charge in [-0.3, -0.25) is 0 Å². The molecule has 2 aliphatic rings. The van der Waals surface area contributed by atoms with Crippen molar-refractivity contribution in [2.45, 2.75) is 64.1 Å². The van der Waals surface area contributed by atoms with Gasteiger partial charge in [-0.1, -0.05) is 19.9 Å². The first kappa shape index (κ1) is 20.9. The summed E-state index contributed by atoms with van der Waals surface area (Å²) in [6.45, 7) is 12.4. The van der Waals surface area contributed by atoms with Crippen molar-refractivity contribution in [1.29, 1.82) is 0 Å². The van der Waals surface area contributed by atoms with E-state index in [4.69, 9.17) is 4.74 Å². The zero-order valence-electron chi connectivity index (χ0n) is 18.0. The van der Waals surface area contributed by atoms with Gasteiger partial charge >= 0.3 is 6.09 Å². The molecule has 0 unspecified atom stereocenters. The standard InChI is InChI=1S/C22H35N3O3/c1-14-13-25(6)18-11-15-7-8-16(26)12-17(15)22(14,5)19(18)23-9-10-24-20(27)28-21(2,3)4/h7-8,12,14,18-19,23,26H,9-11,13H2,1-6H3,(H,24,27)/t14-,18+,19+,22-/m0/s1. The average Bonchev–Trinajstić information content (AvgIpc) is 2.57. The number of carbonyl (C=O) groups is 1. The lowest BCUT2D eigenvalue weighted by Crippen LogP contribution is -2.69. The van der Waals surface area contributed by atoms with Crippen molar-refractivity contribution in [1.82, 2.24) is 15.5 Å². The van der Waals surface area contributed by atoms with Gasteiger partial charge in [0.05, 0.1) is 0 Å². The summed E-state index contributed by atoms with van der Waals surface area (Å²) < 4.78 is 5.30. The summed E-state index contributed by atoms with van der Waals surface area (Å²) in [5.74, 6) is 0.765. The largest absolute Gasteiger partial charge is 0.508 e. The second-order valence-electron chi connectivity index (χ2n) is 9.60. The van der Waals surface area contributed by atoms with Gasteiger partial charge in [0, 0.05) is 37.1 Å². The zero-order valence-corrected chi connectivity index (χ0v) is 18.0. The maximum Gasteiger partial charge on any atom is 0.407 e. The number of hydrogen-bond donors (Lipinski definition) is 3. The molecule has 1 aliphatic carbocycles. The lowest BCUT2D eigenvalue weighted by molar-refractivity contribution is 0.0231. The van der Waals surface area contributed by atoms with Crippen molar-refractivity contribution in [3.8, 4) is 5.75 Å². The minimum Gasteiger partial charge on any atom is -0.508 e. The minimum atomic E-state index is -0.491. The third kappa shape index (κ3) is 3.98. The summed E-state index contributed by atoms with van der Waals surface area (Å²) >= 11 is 0. The lowest BCUT2D eigenvalue weighted by Gasteiger charge is -2.58. The Hall–Kier alpha value is -1.79. The number of aromatic hydroxyl groups is 1. The van der Waals surface area contributed by atoms with Gasteiger partial charge in [-0.05, 0) is 63.4 Å². The number of hydrogen-bond acceptors (Lipinski definition) is 5. The molecule has 1 saturated heterocycles. The molecule has 1 aromatic carbocycles. The van der Waals surface area contributed by atoms with Crippen LogP contribution in [0.5, 0.6) is 5.75 Å². The fourth-order valence-electron chi connectivity index (χ4n) is 4.95. The number of likely N-dealkylation sites (tertiary alicyclic amines) is 1. The molecule has 28 heavy (non-hydrogen) atoms. The Kier molecular flexibility index (Phi) is 5.65. The molecule has 2 bridgehead atoms. The molecule has 0 radical (unpaired) electrons. The van der Waals surface area contributed by atoms with E-state index in [9.17, 15) is 9.90 Å². The fraction of sp³-hybridized carbons (Fsp3) is 0.682. The number of piperidine rings is 1. The molecule has 156 valence electrons. The molecule has 0 spiro atoms. The molecule has 1 amide bonds. The number of amides is 1. The highest BCUT2D eigenvalue weighted by atomic mass is 16.6. The van der Waals surface area contributed by atoms with Crippen molar-refractivity contribution >= 4 is 6.09 Å². The van der Waals surface area contributed by atoms with E-state index in [0.717, 1.165) is 13.0 Å². The summed E-state index contributed by atoms with van der Waals surface area (Å²) in [6.07, 6.45) is 0.580. The number of fused-ring (bicyclic) bond motifs is 4. The van der Waals surface area contributed by atoms with Crippen LogP contribution in [0, 0.1) is 5.92 Å². The molecule has 0 aromatic heterocycles. The number of nitrogens with one attached hydrogen (secondary N) is 2. The quantitative estimate of drug-likeness (QED) is 0.691. The number of likely N-dealkylation sites (N-methyl/N-ethyl adjacent to an activating group) is 1. The maximum absolute atomic E-state index is 11.9. The summed E-state index contributed by atoms with van der Waals surface area (Å²) in [5, 5.41) is 16.6. The van der Waals surface area contributed by atoms with Crippen LogP contribution in [0.25, 0.3) is 0 Å². The molecular weight excluding hydrogens is 354 g/mol. The van der Waals surface area contributed by atoms with Crippen molar-refractivity contribution in [2.75, 3.05) is 26.7 Å². The molecule has 6 nitrogen and oxygen atoms in total. The number of benzene rings is 1. The first-order chi connectivity index (χ1) is 13.0. The van der Waals surface area contributed by atoms with Crippen LogP contribution in [0.3, 0.4) is 0 Å². The Morgan fingerprint density at radius 1 is 1.36 bits per heavy atom. The third-order valence-electron chi connectivity index (χ3n) is 6.44. The van der Waals surface area contributed by atoms with E-state index >= 15 is 0 Å². The van der Waals surface area contributed by atoms with Crippen LogP contribution in [0.4, 0.5) is 4.79 Å². The van der Waals surface area contributed by atoms with E-state index in [1.165, 1.54) is 11.1 Å². The lowest BCUT2D eigenvalue weighted by atomic mass is 9.57. The Morgan fingerprint density at radius 2 is 2.07 bits per heavy atom. The zero-order chi connectivity index (χ0) is 20.7. The van der Waals surface area contributed by atoms with Crippen molar-refractivity contribution in [3.63, 3.8) is 0 Å². The van der Waals surface area contributed by atoms with Gasteiger partial charge in [0.1, 0.15) is 11.4 Å². The van der Waals surface area contributed by atoms with Gasteiger partial charge in [0.2, 0.25) is 0 Å². The summed E-state index contributed by atoms with van der Waals surface area (Å²) in [7, 11) is 2.19. The Balaban J connectivity index is 1.72. The van der Waals surface area contributed by atoms with Crippen LogP contribution in [0.15, 0.2) is 18.2 Å². The summed E-state index contributed by atoms with van der Waals surface area (Å²) in [6, 6.07) is 6.44. The van der Waals surface area contributed by atoms with Gasteiger partial charge in [-0.2, -0.15) is 0 Å². The van der Waals surface area contributed by atoms with Crippen LogP contribution in [0.2, 0.25) is 0 Å². The van der Waals surface area contributed by atoms with E-state index < -0.39 is 5.60 Å². The van der Waals surface area contributed by atoms with E-state index in [2.05, 4.69) is 42.5 Å². The van der Waals surface area contributed by atoms with Gasteiger partial charge in [-0.15, -0.1) is 0 Å². The van der Waals surface area contributed by atoms with Gasteiger partial charge in [-0.25, -0.2) is 4.79 Å². The molecule has 0 saturated carbocycles. The van der Waals surface area contributed by atoms with Crippen LogP contribution < -0.4 is 10.6 Å². The van der Waals surface area contributed by atoms with E-state index in [0.29, 0.717) is 30.8 Å². The molecule has 1 aromatic rings. The number of phenolic OH excluding ortho intramolecular Hbond substituents is 1. The molecule has 1 fully saturated rings. The second kappa shape index (κ2) is 7.56. The second-order valence-corrected chi connectivity index (χ2v) is 9.60. The van der Waals surface area contributed by atoms with Gasteiger partial charge < -0.3 is 25.4 Å². The highest BCUT2D eigenvalue weighted by Gasteiger charge is 2.53. The summed E-state index contributed by atoms with van der Waals surface area (Å²) in [5.41, 5.74) is 2.01. The number of carbonyl (C=O) groups excluding carboxylic acids is 1. The number of nitrogens with zero attached hydrogens (tertiary/aromatic N) is 1. The van der Waals surface area contributed by atoms with Gasteiger partial charge in [0.25, 0.3) is 0 Å². The first-order valence-corrected chi connectivity index (χ1v) is 10.2. The van der Waals surface area contributed by atoms with E-state index in [1.54, 1.807) is 6.07 Å². The Morgan fingerprint density at radius 3 is 2.75 bits per heavy atom. The fourth-order valence-corrected chi connectivity index (χ4v) is 4.95. The Bertz CT molecular complexity index is 730. The van der Waals surface area contributed by atoms with Crippen LogP contribution in [0.1, 0.15) is 45.7 Å². The first-order valence-electron chi connectivity index (χ1n) is 10.2. The summed E-state index contributed by atoms with van der Waals surface area (Å²) in [4.78, 5) is 14.3. The molecule has 1 aliphatic heterocycles. The SMILES string of the molecule is C[C@H]1CN(C)[C@@H]2Cc3ccc(O)cc3[C@@]1(C)[C@@H]2NCCNC(=O)OC(C)(C)C. The topological polar surface area (TPSA) is 73.8 Å². The normalized spacial score (nSPS) is 29.9. The average molecular weight is 390 g/mol. The number of rotatable bonds is 4. The molecule has 3 rings (SSSR count). The minimum absolute atomic E-state index is 0.0740. The third-order valence-corrected chi connectivity index (χ3v) is 6.44. The number of phenols is 1. The van der Waals surface area contributed by atoms with Crippen LogP contribution in [-0.2, 0) is 16.6 Å². The highest BCUT2D eigenvalue weighted by Crippen LogP contribution is 2.48. The predicted molar refractivity (Wildman–Crippen MR) is 111 cm³/mol. The maximum atomic E-state index is 11.9. The number of alkyl carbamates (subject to hydrolysis) is 1. The monoisotopic (exact) mass is 389 g/mol. The van der Waals surface area contributed by atoms with E-state index in [1.807, 2.05) is 26.8 Å². The smallest absolute Gasteiger partial charge is 0.407 e. The number of ether oxygens (including phenoxy) is 1. The Labute approximate surface area is 168 Å². The van der Waals surface area contributed by atoms with Crippen molar-refractivity contribution in [3.05, 3.63) is 29.3 Å².